The van der Waals surface area contributed by atoms with Gasteiger partial charge in [0, 0.05) is 30.4 Å². The molecule has 0 aliphatic heterocycles. The van der Waals surface area contributed by atoms with Crippen molar-refractivity contribution in [2.75, 3.05) is 0 Å². The third-order valence-electron chi connectivity index (χ3n) is 2.38. The second-order valence-corrected chi connectivity index (χ2v) is 3.40. The van der Waals surface area contributed by atoms with Gasteiger partial charge in [0.15, 0.2) is 0 Å². The lowest BCUT2D eigenvalue weighted by Gasteiger charge is -2.03. The molecule has 0 spiro atoms. The molecule has 0 amide bonds. The van der Waals surface area contributed by atoms with Crippen LogP contribution in [0.25, 0.3) is 17.3 Å². The molecule has 16 heavy (non-hydrogen) atoms. The van der Waals surface area contributed by atoms with E-state index < -0.39 is 0 Å². The summed E-state index contributed by atoms with van der Waals surface area (Å²) in [6, 6.07) is 10.0. The number of aromatic nitrogens is 4. The van der Waals surface area contributed by atoms with Crippen molar-refractivity contribution in [3.8, 4) is 17.3 Å². The first-order valence-corrected chi connectivity index (χ1v) is 5.04. The predicted octanol–water partition coefficient (Wildman–Crippen LogP) is 2.26. The monoisotopic (exact) mass is 210 g/mol. The number of rotatable bonds is 2. The minimum absolute atomic E-state index is 0.774. The Balaban J connectivity index is 2.14. The predicted molar refractivity (Wildman–Crippen MR) is 61.1 cm³/mol. The summed E-state index contributed by atoms with van der Waals surface area (Å²) in [6.45, 7) is 0. The molecular formula is C12H10N4. The summed E-state index contributed by atoms with van der Waals surface area (Å²) in [5.74, 6) is 1.66. The fraction of sp³-hybridized carbons (Fsp3) is 0. The maximum atomic E-state index is 4.35. The first-order chi connectivity index (χ1) is 7.95. The van der Waals surface area contributed by atoms with E-state index in [2.05, 4.69) is 15.0 Å². The number of nitrogens with one attached hydrogen (secondary N) is 1. The Morgan fingerprint density at radius 1 is 1.00 bits per heavy atom. The van der Waals surface area contributed by atoms with Crippen molar-refractivity contribution in [2.45, 2.75) is 0 Å². The van der Waals surface area contributed by atoms with E-state index in [1.54, 1.807) is 18.6 Å². The highest BCUT2D eigenvalue weighted by molar-refractivity contribution is 5.56. The molecule has 0 aliphatic rings. The molecule has 0 saturated carbocycles. The molecule has 0 radical (unpaired) electrons. The third kappa shape index (κ3) is 1.40. The number of hydrogen-bond acceptors (Lipinski definition) is 2. The summed E-state index contributed by atoms with van der Waals surface area (Å²) in [5, 5.41) is 0. The van der Waals surface area contributed by atoms with Gasteiger partial charge in [0.25, 0.3) is 0 Å². The lowest BCUT2D eigenvalue weighted by molar-refractivity contribution is 0.969. The van der Waals surface area contributed by atoms with Crippen molar-refractivity contribution in [1.29, 1.82) is 0 Å². The first kappa shape index (κ1) is 8.91. The molecule has 0 fully saturated rings. The number of H-pyrrole nitrogens is 1. The van der Waals surface area contributed by atoms with E-state index in [0.29, 0.717) is 0 Å². The Kier molecular flexibility index (Phi) is 2.04. The number of benzene rings is 1. The van der Waals surface area contributed by atoms with Crippen LogP contribution in [0, 0.1) is 0 Å². The van der Waals surface area contributed by atoms with Gasteiger partial charge in [0.05, 0.1) is 0 Å². The number of hydrogen-bond donors (Lipinski definition) is 1. The van der Waals surface area contributed by atoms with E-state index >= 15 is 0 Å². The average Bonchev–Trinajstić information content (AvgIpc) is 3.01. The average molecular weight is 210 g/mol. The van der Waals surface area contributed by atoms with Crippen LogP contribution in [0.2, 0.25) is 0 Å². The Morgan fingerprint density at radius 2 is 1.88 bits per heavy atom. The van der Waals surface area contributed by atoms with Crippen LogP contribution < -0.4 is 0 Å². The fourth-order valence-corrected chi connectivity index (χ4v) is 1.66. The van der Waals surface area contributed by atoms with Gasteiger partial charge in [0.2, 0.25) is 5.95 Å². The maximum Gasteiger partial charge on any atom is 0.212 e. The van der Waals surface area contributed by atoms with Crippen LogP contribution in [0.5, 0.6) is 0 Å². The van der Waals surface area contributed by atoms with Gasteiger partial charge >= 0.3 is 0 Å². The molecule has 0 aliphatic carbocycles. The summed E-state index contributed by atoms with van der Waals surface area (Å²) in [6.07, 6.45) is 7.18. The van der Waals surface area contributed by atoms with Gasteiger partial charge < -0.3 is 4.98 Å². The van der Waals surface area contributed by atoms with Crippen molar-refractivity contribution >= 4 is 0 Å². The van der Waals surface area contributed by atoms with Gasteiger partial charge in [-0.25, -0.2) is 9.97 Å². The van der Waals surface area contributed by atoms with Crippen molar-refractivity contribution in [3.63, 3.8) is 0 Å². The zero-order valence-electron chi connectivity index (χ0n) is 8.54. The molecule has 2 heterocycles. The normalized spacial score (nSPS) is 10.5. The fourth-order valence-electron chi connectivity index (χ4n) is 1.66. The van der Waals surface area contributed by atoms with Crippen molar-refractivity contribution in [2.24, 2.45) is 0 Å². The summed E-state index contributed by atoms with van der Waals surface area (Å²) in [7, 11) is 0. The highest BCUT2D eigenvalue weighted by atomic mass is 15.2. The zero-order chi connectivity index (χ0) is 10.8. The van der Waals surface area contributed by atoms with Crippen molar-refractivity contribution in [1.82, 2.24) is 19.5 Å². The smallest absolute Gasteiger partial charge is 0.212 e. The third-order valence-corrected chi connectivity index (χ3v) is 2.38. The van der Waals surface area contributed by atoms with E-state index in [4.69, 9.17) is 0 Å². The van der Waals surface area contributed by atoms with Crippen molar-refractivity contribution in [3.05, 3.63) is 55.1 Å². The summed E-state index contributed by atoms with van der Waals surface area (Å²) in [4.78, 5) is 11.6. The summed E-state index contributed by atoms with van der Waals surface area (Å²) < 4.78 is 1.93. The molecule has 0 atom stereocenters. The van der Waals surface area contributed by atoms with Crippen LogP contribution in [-0.4, -0.2) is 19.5 Å². The lowest BCUT2D eigenvalue weighted by Crippen LogP contribution is -1.97. The molecule has 4 heteroatoms. The standard InChI is InChI=1S/C12H10N4/c1-2-4-10(5-3-1)11-13-8-9-16(11)12-14-6-7-15-12/h1-9H,(H,14,15). The van der Waals surface area contributed by atoms with Gasteiger partial charge in [-0.05, 0) is 0 Å². The van der Waals surface area contributed by atoms with E-state index in [-0.39, 0.29) is 0 Å². The zero-order valence-corrected chi connectivity index (χ0v) is 8.54. The number of imidazole rings is 2. The van der Waals surface area contributed by atoms with Gasteiger partial charge in [0.1, 0.15) is 5.82 Å². The first-order valence-electron chi connectivity index (χ1n) is 5.04. The van der Waals surface area contributed by atoms with Crippen LogP contribution in [0.4, 0.5) is 0 Å². The molecule has 0 unspecified atom stereocenters. The highest BCUT2D eigenvalue weighted by Crippen LogP contribution is 2.18. The summed E-state index contributed by atoms with van der Waals surface area (Å²) >= 11 is 0. The molecule has 1 N–H and O–H groups in total. The molecule has 3 rings (SSSR count). The summed E-state index contributed by atoms with van der Waals surface area (Å²) in [5.41, 5.74) is 1.07. The minimum Gasteiger partial charge on any atom is -0.330 e. The Labute approximate surface area is 92.6 Å². The lowest BCUT2D eigenvalue weighted by atomic mass is 10.2. The van der Waals surface area contributed by atoms with Gasteiger partial charge in [-0.1, -0.05) is 30.3 Å². The molecular weight excluding hydrogens is 200 g/mol. The topological polar surface area (TPSA) is 46.5 Å². The van der Waals surface area contributed by atoms with Crippen LogP contribution in [-0.2, 0) is 0 Å². The van der Waals surface area contributed by atoms with E-state index in [1.807, 2.05) is 41.1 Å². The molecule has 0 bridgehead atoms. The largest absolute Gasteiger partial charge is 0.330 e. The molecule has 3 aromatic rings. The van der Waals surface area contributed by atoms with Gasteiger partial charge in [-0.2, -0.15) is 0 Å². The Hall–Kier alpha value is -2.36. The highest BCUT2D eigenvalue weighted by Gasteiger charge is 2.07. The molecule has 1 aromatic carbocycles. The minimum atomic E-state index is 0.774. The van der Waals surface area contributed by atoms with E-state index in [9.17, 15) is 0 Å². The van der Waals surface area contributed by atoms with Gasteiger partial charge in [-0.3, -0.25) is 4.57 Å². The molecule has 78 valence electrons. The quantitative estimate of drug-likeness (QED) is 0.705. The molecule has 0 saturated heterocycles. The van der Waals surface area contributed by atoms with E-state index in [1.165, 1.54) is 0 Å². The Bertz CT molecular complexity index is 566. The second kappa shape index (κ2) is 3.66. The van der Waals surface area contributed by atoms with Crippen molar-refractivity contribution < 1.29 is 0 Å². The van der Waals surface area contributed by atoms with E-state index in [0.717, 1.165) is 17.3 Å². The van der Waals surface area contributed by atoms with Crippen LogP contribution in [0.3, 0.4) is 0 Å². The van der Waals surface area contributed by atoms with Crippen LogP contribution in [0.15, 0.2) is 55.1 Å². The van der Waals surface area contributed by atoms with Crippen LogP contribution in [0.1, 0.15) is 0 Å². The SMILES string of the molecule is c1ccc(-c2nccn2-c2ncc[nH]2)cc1. The number of nitrogens with zero attached hydrogens (tertiary/aromatic N) is 3. The van der Waals surface area contributed by atoms with Gasteiger partial charge in [-0.15, -0.1) is 0 Å². The second-order valence-electron chi connectivity index (χ2n) is 3.40. The maximum absolute atomic E-state index is 4.35. The molecule has 2 aromatic heterocycles. The molecule has 4 nitrogen and oxygen atoms in total. The van der Waals surface area contributed by atoms with Crippen LogP contribution >= 0.6 is 0 Å². The Morgan fingerprint density at radius 3 is 2.62 bits per heavy atom. The number of aromatic amines is 1.